The van der Waals surface area contributed by atoms with Crippen LogP contribution in [0.5, 0.6) is 0 Å². The first-order chi connectivity index (χ1) is 7.43. The maximum Gasteiger partial charge on any atom is 0.0671 e. The quantitative estimate of drug-likeness (QED) is 0.838. The zero-order valence-corrected chi connectivity index (χ0v) is 10.5. The molecular weight excluding hydrogens is 196 g/mol. The van der Waals surface area contributed by atoms with Gasteiger partial charge in [-0.1, -0.05) is 32.9 Å². The molecule has 0 saturated carbocycles. The van der Waals surface area contributed by atoms with Gasteiger partial charge < -0.3 is 5.32 Å². The molecule has 1 rings (SSSR count). The predicted molar refractivity (Wildman–Crippen MR) is 68.4 cm³/mol. The molecule has 0 heterocycles. The Morgan fingerprint density at radius 2 is 1.81 bits per heavy atom. The Morgan fingerprint density at radius 3 is 2.25 bits per heavy atom. The Hall–Kier alpha value is -1.49. The predicted octanol–water partition coefficient (Wildman–Crippen LogP) is 3.56. The van der Waals surface area contributed by atoms with E-state index in [0.717, 1.165) is 5.69 Å². The van der Waals surface area contributed by atoms with Crippen LogP contribution >= 0.6 is 0 Å². The second-order valence-corrected chi connectivity index (χ2v) is 5.24. The molecule has 2 heteroatoms. The lowest BCUT2D eigenvalue weighted by Gasteiger charge is -2.19. The summed E-state index contributed by atoms with van der Waals surface area (Å²) in [5.74, 6) is 0.0438. The van der Waals surface area contributed by atoms with E-state index in [1.807, 2.05) is 6.92 Å². The third-order valence-corrected chi connectivity index (χ3v) is 2.58. The standard InChI is InChI=1S/C14H20N2/c1-11(9-15)10-16-13-7-5-12(6-8-13)14(2,3)4/h5-8,11,16H,10H2,1-4H3. The van der Waals surface area contributed by atoms with Crippen molar-refractivity contribution in [3.05, 3.63) is 29.8 Å². The third-order valence-electron chi connectivity index (χ3n) is 2.58. The van der Waals surface area contributed by atoms with Crippen molar-refractivity contribution in [2.24, 2.45) is 5.92 Å². The molecule has 0 amide bonds. The van der Waals surface area contributed by atoms with Gasteiger partial charge in [0.2, 0.25) is 0 Å². The van der Waals surface area contributed by atoms with Crippen LogP contribution in [-0.4, -0.2) is 6.54 Å². The minimum absolute atomic E-state index is 0.0438. The molecular formula is C14H20N2. The average Bonchev–Trinajstić information content (AvgIpc) is 2.25. The van der Waals surface area contributed by atoms with Gasteiger partial charge in [-0.3, -0.25) is 0 Å². The summed E-state index contributed by atoms with van der Waals surface area (Å²) in [6, 6.07) is 10.6. The van der Waals surface area contributed by atoms with Crippen molar-refractivity contribution in [1.29, 1.82) is 5.26 Å². The Kier molecular flexibility index (Phi) is 3.95. The number of rotatable bonds is 3. The molecule has 1 N–H and O–H groups in total. The highest BCUT2D eigenvalue weighted by atomic mass is 14.9. The van der Waals surface area contributed by atoms with Crippen molar-refractivity contribution in [3.8, 4) is 6.07 Å². The Labute approximate surface area is 98.3 Å². The monoisotopic (exact) mass is 216 g/mol. The van der Waals surface area contributed by atoms with E-state index in [4.69, 9.17) is 5.26 Å². The Balaban J connectivity index is 2.63. The lowest BCUT2D eigenvalue weighted by atomic mass is 9.87. The van der Waals surface area contributed by atoms with Crippen molar-refractivity contribution in [2.45, 2.75) is 33.1 Å². The number of nitrogens with one attached hydrogen (secondary N) is 1. The molecule has 0 aliphatic rings. The Morgan fingerprint density at radius 1 is 1.25 bits per heavy atom. The third kappa shape index (κ3) is 3.58. The molecule has 0 aliphatic carbocycles. The molecule has 0 aromatic heterocycles. The van der Waals surface area contributed by atoms with Crippen LogP contribution in [0.25, 0.3) is 0 Å². The molecule has 0 spiro atoms. The van der Waals surface area contributed by atoms with Gasteiger partial charge in [0.25, 0.3) is 0 Å². The normalized spacial score (nSPS) is 12.9. The SMILES string of the molecule is CC(C#N)CNc1ccc(C(C)(C)C)cc1. The van der Waals surface area contributed by atoms with Crippen molar-refractivity contribution in [3.63, 3.8) is 0 Å². The molecule has 16 heavy (non-hydrogen) atoms. The number of hydrogen-bond acceptors (Lipinski definition) is 2. The van der Waals surface area contributed by atoms with Gasteiger partial charge in [-0.25, -0.2) is 0 Å². The average molecular weight is 216 g/mol. The minimum atomic E-state index is 0.0438. The zero-order chi connectivity index (χ0) is 12.2. The lowest BCUT2D eigenvalue weighted by molar-refractivity contribution is 0.590. The summed E-state index contributed by atoms with van der Waals surface area (Å²) < 4.78 is 0. The van der Waals surface area contributed by atoms with Gasteiger partial charge in [-0.2, -0.15) is 5.26 Å². The van der Waals surface area contributed by atoms with Crippen LogP contribution in [-0.2, 0) is 5.41 Å². The summed E-state index contributed by atoms with van der Waals surface area (Å²) in [6.07, 6.45) is 0. The van der Waals surface area contributed by atoms with Gasteiger partial charge in [0.05, 0.1) is 12.0 Å². The second kappa shape index (κ2) is 5.03. The fourth-order valence-electron chi connectivity index (χ4n) is 1.40. The molecule has 0 radical (unpaired) electrons. The molecule has 0 aliphatic heterocycles. The van der Waals surface area contributed by atoms with Gasteiger partial charge in [-0.15, -0.1) is 0 Å². The molecule has 1 unspecified atom stereocenters. The van der Waals surface area contributed by atoms with Crippen LogP contribution in [0.15, 0.2) is 24.3 Å². The first-order valence-corrected chi connectivity index (χ1v) is 5.67. The van der Waals surface area contributed by atoms with Crippen LogP contribution in [0.3, 0.4) is 0 Å². The molecule has 1 aromatic rings. The van der Waals surface area contributed by atoms with Crippen LogP contribution in [0.4, 0.5) is 5.69 Å². The molecule has 2 nitrogen and oxygen atoms in total. The summed E-state index contributed by atoms with van der Waals surface area (Å²) in [7, 11) is 0. The highest BCUT2D eigenvalue weighted by molar-refractivity contribution is 5.45. The van der Waals surface area contributed by atoms with Crippen molar-refractivity contribution in [1.82, 2.24) is 0 Å². The minimum Gasteiger partial charge on any atom is -0.384 e. The maximum absolute atomic E-state index is 8.67. The highest BCUT2D eigenvalue weighted by Crippen LogP contribution is 2.23. The summed E-state index contributed by atoms with van der Waals surface area (Å²) in [5.41, 5.74) is 2.60. The van der Waals surface area contributed by atoms with Crippen LogP contribution < -0.4 is 5.32 Å². The fourth-order valence-corrected chi connectivity index (χ4v) is 1.40. The van der Waals surface area contributed by atoms with Crippen LogP contribution in [0.2, 0.25) is 0 Å². The van der Waals surface area contributed by atoms with E-state index in [-0.39, 0.29) is 11.3 Å². The van der Waals surface area contributed by atoms with E-state index >= 15 is 0 Å². The number of benzene rings is 1. The zero-order valence-electron chi connectivity index (χ0n) is 10.5. The van der Waals surface area contributed by atoms with Crippen LogP contribution in [0.1, 0.15) is 33.3 Å². The number of nitriles is 1. The molecule has 86 valence electrons. The molecule has 0 bridgehead atoms. The molecule has 0 fully saturated rings. The second-order valence-electron chi connectivity index (χ2n) is 5.24. The summed E-state index contributed by atoms with van der Waals surface area (Å²) in [5, 5.41) is 11.9. The van der Waals surface area contributed by atoms with Crippen molar-refractivity contribution in [2.75, 3.05) is 11.9 Å². The summed E-state index contributed by atoms with van der Waals surface area (Å²) >= 11 is 0. The number of anilines is 1. The van der Waals surface area contributed by atoms with E-state index in [1.165, 1.54) is 5.56 Å². The summed E-state index contributed by atoms with van der Waals surface area (Å²) in [6.45, 7) is 9.22. The molecule has 0 saturated heterocycles. The van der Waals surface area contributed by atoms with Gasteiger partial charge in [0.15, 0.2) is 0 Å². The number of hydrogen-bond donors (Lipinski definition) is 1. The lowest BCUT2D eigenvalue weighted by Crippen LogP contribution is -2.12. The van der Waals surface area contributed by atoms with Gasteiger partial charge >= 0.3 is 0 Å². The smallest absolute Gasteiger partial charge is 0.0671 e. The summed E-state index contributed by atoms with van der Waals surface area (Å²) in [4.78, 5) is 0. The number of nitrogens with zero attached hydrogens (tertiary/aromatic N) is 1. The van der Waals surface area contributed by atoms with Crippen molar-refractivity contribution < 1.29 is 0 Å². The van der Waals surface area contributed by atoms with Gasteiger partial charge in [0, 0.05) is 12.2 Å². The van der Waals surface area contributed by atoms with Gasteiger partial charge in [0.1, 0.15) is 0 Å². The van der Waals surface area contributed by atoms with E-state index < -0.39 is 0 Å². The molecule has 1 atom stereocenters. The van der Waals surface area contributed by atoms with Crippen molar-refractivity contribution >= 4 is 5.69 Å². The highest BCUT2D eigenvalue weighted by Gasteiger charge is 2.12. The topological polar surface area (TPSA) is 35.8 Å². The van der Waals surface area contributed by atoms with E-state index in [2.05, 4.69) is 56.4 Å². The molecule has 1 aromatic carbocycles. The fraction of sp³-hybridized carbons (Fsp3) is 0.500. The van der Waals surface area contributed by atoms with Crippen LogP contribution in [0, 0.1) is 17.2 Å². The van der Waals surface area contributed by atoms with E-state index in [9.17, 15) is 0 Å². The largest absolute Gasteiger partial charge is 0.384 e. The van der Waals surface area contributed by atoms with Gasteiger partial charge in [-0.05, 0) is 30.0 Å². The maximum atomic E-state index is 8.67. The first kappa shape index (κ1) is 12.6. The Bertz CT molecular complexity index is 365. The van der Waals surface area contributed by atoms with E-state index in [1.54, 1.807) is 0 Å². The van der Waals surface area contributed by atoms with E-state index in [0.29, 0.717) is 6.54 Å². The first-order valence-electron chi connectivity index (χ1n) is 5.67.